The number of nitrogens with zero attached hydrogens (tertiary/aromatic N) is 1. The summed E-state index contributed by atoms with van der Waals surface area (Å²) in [7, 11) is 0. The molecule has 1 aromatic rings. The van der Waals surface area contributed by atoms with Gasteiger partial charge in [0.05, 0.1) is 11.2 Å². The molecule has 0 unspecified atom stereocenters. The second-order valence-electron chi connectivity index (χ2n) is 1.56. The molecule has 0 aliphatic carbocycles. The van der Waals surface area contributed by atoms with Crippen LogP contribution in [0.25, 0.3) is 0 Å². The van der Waals surface area contributed by atoms with Crippen LogP contribution in [-0.4, -0.2) is 4.98 Å². The maximum Gasteiger partial charge on any atom is 0.0798 e. The van der Waals surface area contributed by atoms with Crippen molar-refractivity contribution >= 4 is 11.3 Å². The number of aromatic nitrogens is 1. The van der Waals surface area contributed by atoms with Gasteiger partial charge in [-0.15, -0.1) is 11.3 Å². The van der Waals surface area contributed by atoms with Gasteiger partial charge in [0.2, 0.25) is 0 Å². The van der Waals surface area contributed by atoms with Crippen molar-refractivity contribution in [2.45, 2.75) is 13.5 Å². The molecular weight excluding hydrogens is 120 g/mol. The topological polar surface area (TPSA) is 38.9 Å². The Bertz CT molecular complexity index is 171. The van der Waals surface area contributed by atoms with Gasteiger partial charge in [0, 0.05) is 11.4 Å². The summed E-state index contributed by atoms with van der Waals surface area (Å²) in [6, 6.07) is 0. The van der Waals surface area contributed by atoms with E-state index >= 15 is 0 Å². The van der Waals surface area contributed by atoms with Gasteiger partial charge in [-0.3, -0.25) is 0 Å². The Balaban J connectivity index is 2.92. The Kier molecular flexibility index (Phi) is 1.60. The average Bonchev–Trinajstić information content (AvgIpc) is 2.14. The van der Waals surface area contributed by atoms with E-state index in [1.807, 2.05) is 12.4 Å². The second kappa shape index (κ2) is 2.24. The zero-order valence-corrected chi connectivity index (χ0v) is 5.53. The van der Waals surface area contributed by atoms with Gasteiger partial charge in [0.1, 0.15) is 0 Å². The smallest absolute Gasteiger partial charge is 0.0798 e. The van der Waals surface area contributed by atoms with Crippen LogP contribution in [0.3, 0.4) is 0 Å². The predicted octanol–water partition coefficient (Wildman–Crippen LogP) is 0.910. The van der Waals surface area contributed by atoms with Crippen molar-refractivity contribution in [3.8, 4) is 0 Å². The van der Waals surface area contributed by atoms with Gasteiger partial charge in [-0.1, -0.05) is 0 Å². The van der Waals surface area contributed by atoms with Crippen LogP contribution < -0.4 is 5.73 Å². The lowest BCUT2D eigenvalue weighted by molar-refractivity contribution is 0.997. The molecule has 0 aliphatic rings. The fourth-order valence-electron chi connectivity index (χ4n) is 0.524. The minimum atomic E-state index is 0.565. The standard InChI is InChI=1S/C5H8N2S/c1-4-5(2-6)7-3-8-4/h3H,2,6H2,1H3. The lowest BCUT2D eigenvalue weighted by Gasteiger charge is -1.86. The Morgan fingerprint density at radius 2 is 2.62 bits per heavy atom. The van der Waals surface area contributed by atoms with E-state index in [1.165, 1.54) is 4.88 Å². The summed E-state index contributed by atoms with van der Waals surface area (Å²) in [6.07, 6.45) is 0. The van der Waals surface area contributed by atoms with Gasteiger partial charge in [-0.2, -0.15) is 0 Å². The first-order valence-electron chi connectivity index (χ1n) is 2.43. The van der Waals surface area contributed by atoms with E-state index in [0.29, 0.717) is 6.54 Å². The summed E-state index contributed by atoms with van der Waals surface area (Å²) in [5.74, 6) is 0. The van der Waals surface area contributed by atoms with Crippen LogP contribution in [0.1, 0.15) is 10.6 Å². The molecular formula is C5H8N2S. The Labute approximate surface area is 52.4 Å². The van der Waals surface area contributed by atoms with Crippen LogP contribution in [0.5, 0.6) is 0 Å². The van der Waals surface area contributed by atoms with Crippen molar-refractivity contribution in [2.24, 2.45) is 5.73 Å². The lowest BCUT2D eigenvalue weighted by Crippen LogP contribution is -1.97. The van der Waals surface area contributed by atoms with Crippen molar-refractivity contribution in [3.05, 3.63) is 16.1 Å². The number of nitrogens with two attached hydrogens (primary N) is 1. The lowest BCUT2D eigenvalue weighted by atomic mass is 10.4. The number of hydrogen-bond donors (Lipinski definition) is 1. The van der Waals surface area contributed by atoms with Gasteiger partial charge in [-0.25, -0.2) is 4.98 Å². The molecule has 8 heavy (non-hydrogen) atoms. The van der Waals surface area contributed by atoms with Gasteiger partial charge in [-0.05, 0) is 6.92 Å². The molecule has 0 aromatic carbocycles. The summed E-state index contributed by atoms with van der Waals surface area (Å²) < 4.78 is 0. The van der Waals surface area contributed by atoms with Crippen LogP contribution in [0.2, 0.25) is 0 Å². The SMILES string of the molecule is Cc1scnc1CN. The van der Waals surface area contributed by atoms with Crippen molar-refractivity contribution in [3.63, 3.8) is 0 Å². The molecule has 3 heteroatoms. The van der Waals surface area contributed by atoms with E-state index in [-0.39, 0.29) is 0 Å². The highest BCUT2D eigenvalue weighted by Gasteiger charge is 1.94. The monoisotopic (exact) mass is 128 g/mol. The molecule has 0 radical (unpaired) electrons. The van der Waals surface area contributed by atoms with Crippen molar-refractivity contribution in [1.82, 2.24) is 4.98 Å². The first-order chi connectivity index (χ1) is 3.84. The first kappa shape index (κ1) is 5.72. The molecule has 0 amide bonds. The van der Waals surface area contributed by atoms with E-state index in [9.17, 15) is 0 Å². The van der Waals surface area contributed by atoms with Gasteiger partial charge >= 0.3 is 0 Å². The van der Waals surface area contributed by atoms with Gasteiger partial charge in [0.15, 0.2) is 0 Å². The highest BCUT2D eigenvalue weighted by molar-refractivity contribution is 7.09. The second-order valence-corrected chi connectivity index (χ2v) is 2.62. The van der Waals surface area contributed by atoms with Crippen LogP contribution >= 0.6 is 11.3 Å². The Morgan fingerprint density at radius 3 is 2.88 bits per heavy atom. The zero-order chi connectivity index (χ0) is 5.98. The summed E-state index contributed by atoms with van der Waals surface area (Å²) >= 11 is 1.64. The summed E-state index contributed by atoms with van der Waals surface area (Å²) in [5.41, 5.74) is 8.18. The van der Waals surface area contributed by atoms with E-state index in [2.05, 4.69) is 4.98 Å². The fraction of sp³-hybridized carbons (Fsp3) is 0.400. The number of thiazole rings is 1. The molecule has 44 valence electrons. The van der Waals surface area contributed by atoms with Crippen molar-refractivity contribution in [1.29, 1.82) is 0 Å². The third-order valence-corrected chi connectivity index (χ3v) is 1.84. The molecule has 0 bridgehead atoms. The molecule has 0 saturated heterocycles. The molecule has 0 fully saturated rings. The molecule has 0 aliphatic heterocycles. The number of rotatable bonds is 1. The van der Waals surface area contributed by atoms with Crippen molar-refractivity contribution in [2.75, 3.05) is 0 Å². The average molecular weight is 128 g/mol. The summed E-state index contributed by atoms with van der Waals surface area (Å²) in [6.45, 7) is 2.59. The quantitative estimate of drug-likeness (QED) is 0.610. The third-order valence-electron chi connectivity index (χ3n) is 1.04. The number of hydrogen-bond acceptors (Lipinski definition) is 3. The maximum atomic E-state index is 5.34. The summed E-state index contributed by atoms with van der Waals surface area (Å²) in [4.78, 5) is 5.26. The van der Waals surface area contributed by atoms with E-state index < -0.39 is 0 Å². The highest BCUT2D eigenvalue weighted by atomic mass is 32.1. The normalized spacial score (nSPS) is 9.75. The van der Waals surface area contributed by atoms with Crippen LogP contribution in [0, 0.1) is 6.92 Å². The Hall–Kier alpha value is -0.410. The van der Waals surface area contributed by atoms with Gasteiger partial charge in [0.25, 0.3) is 0 Å². The fourth-order valence-corrected chi connectivity index (χ4v) is 1.13. The largest absolute Gasteiger partial charge is 0.325 e. The van der Waals surface area contributed by atoms with Gasteiger partial charge < -0.3 is 5.73 Å². The van der Waals surface area contributed by atoms with E-state index in [1.54, 1.807) is 11.3 Å². The number of aryl methyl sites for hydroxylation is 1. The molecule has 0 saturated carbocycles. The zero-order valence-electron chi connectivity index (χ0n) is 4.72. The molecule has 1 rings (SSSR count). The minimum absolute atomic E-state index is 0.565. The first-order valence-corrected chi connectivity index (χ1v) is 3.31. The molecule has 2 N–H and O–H groups in total. The molecule has 1 heterocycles. The third kappa shape index (κ3) is 0.877. The van der Waals surface area contributed by atoms with Crippen LogP contribution in [0.4, 0.5) is 0 Å². The highest BCUT2D eigenvalue weighted by Crippen LogP contribution is 2.08. The Morgan fingerprint density at radius 1 is 1.88 bits per heavy atom. The van der Waals surface area contributed by atoms with Crippen molar-refractivity contribution < 1.29 is 0 Å². The molecule has 0 atom stereocenters. The van der Waals surface area contributed by atoms with Crippen LogP contribution in [0.15, 0.2) is 5.51 Å². The summed E-state index contributed by atoms with van der Waals surface area (Å²) in [5, 5.41) is 0. The van der Waals surface area contributed by atoms with Crippen LogP contribution in [-0.2, 0) is 6.54 Å². The predicted molar refractivity (Wildman–Crippen MR) is 34.7 cm³/mol. The van der Waals surface area contributed by atoms with E-state index in [4.69, 9.17) is 5.73 Å². The maximum absolute atomic E-state index is 5.34. The molecule has 1 aromatic heterocycles. The van der Waals surface area contributed by atoms with E-state index in [0.717, 1.165) is 5.69 Å². The minimum Gasteiger partial charge on any atom is -0.325 e. The molecule has 0 spiro atoms. The molecule has 2 nitrogen and oxygen atoms in total.